The Labute approximate surface area is 465 Å². The van der Waals surface area contributed by atoms with Crippen molar-refractivity contribution >= 4 is 35.8 Å². The molecule has 3 aliphatic carbocycles. The summed E-state index contributed by atoms with van der Waals surface area (Å²) in [7, 11) is 4.69. The lowest BCUT2D eigenvalue weighted by molar-refractivity contribution is -0.164. The maximum atomic E-state index is 12.7. The lowest BCUT2D eigenvalue weighted by Crippen LogP contribution is -2.53. The second-order valence-corrected chi connectivity index (χ2v) is 23.2. The molecule has 0 saturated heterocycles. The van der Waals surface area contributed by atoms with Crippen molar-refractivity contribution in [3.63, 3.8) is 0 Å². The van der Waals surface area contributed by atoms with Gasteiger partial charge in [-0.1, -0.05) is 52.4 Å². The normalized spacial score (nSPS) is 20.9. The van der Waals surface area contributed by atoms with E-state index < -0.39 is 11.8 Å². The fourth-order valence-electron chi connectivity index (χ4n) is 10.9. The van der Waals surface area contributed by atoms with Crippen molar-refractivity contribution in [3.05, 3.63) is 0 Å². The van der Waals surface area contributed by atoms with E-state index in [0.29, 0.717) is 103 Å². The maximum absolute atomic E-state index is 12.7. The monoisotopic (exact) mass is 1100 g/mol. The molecule has 0 radical (unpaired) electrons. The molecule has 3 saturated carbocycles. The van der Waals surface area contributed by atoms with E-state index in [2.05, 4.69) is 97.8 Å². The Morgan fingerprint density at radius 2 is 0.623 bits per heavy atom. The summed E-state index contributed by atoms with van der Waals surface area (Å²) in [5.41, 5.74) is -0.0492. The van der Waals surface area contributed by atoms with Crippen molar-refractivity contribution in [2.75, 3.05) is 114 Å². The van der Waals surface area contributed by atoms with Gasteiger partial charge in [-0.25, -0.2) is 0 Å². The van der Waals surface area contributed by atoms with Crippen LogP contribution in [0.1, 0.15) is 173 Å². The lowest BCUT2D eigenvalue weighted by atomic mass is 9.79. The number of hydrogen-bond donors (Lipinski definition) is 0. The van der Waals surface area contributed by atoms with Crippen molar-refractivity contribution in [3.8, 4) is 0 Å². The Hall–Kier alpha value is -3.42. The van der Waals surface area contributed by atoms with Crippen LogP contribution in [-0.2, 0) is 71.4 Å². The Morgan fingerprint density at radius 1 is 0.377 bits per heavy atom. The molecular formula is C59H109N3O15. The number of nitrogens with zero attached hydrogens (tertiary/aromatic N) is 3. The average Bonchev–Trinajstić information content (AvgIpc) is 3.38. The van der Waals surface area contributed by atoms with Gasteiger partial charge < -0.3 is 42.6 Å². The summed E-state index contributed by atoms with van der Waals surface area (Å²) in [5, 5.41) is 0. The molecule has 0 aromatic rings. The third kappa shape index (κ3) is 28.5. The summed E-state index contributed by atoms with van der Waals surface area (Å²) in [6.45, 7) is 32.8. The zero-order valence-electron chi connectivity index (χ0n) is 50.9. The van der Waals surface area contributed by atoms with Crippen molar-refractivity contribution in [1.29, 1.82) is 0 Å². The first kappa shape index (κ1) is 71.6. The number of carbonyl (C=O) groups excluding carboxylic acids is 6. The highest BCUT2D eigenvalue weighted by Crippen LogP contribution is 2.35. The minimum absolute atomic E-state index is 0.0246. The topological polar surface area (TPSA) is 195 Å². The average molecular weight is 1100 g/mol. The van der Waals surface area contributed by atoms with Gasteiger partial charge in [0.05, 0.1) is 55.3 Å². The van der Waals surface area contributed by atoms with Crippen LogP contribution in [-0.4, -0.2) is 187 Å². The van der Waals surface area contributed by atoms with Crippen molar-refractivity contribution < 1.29 is 71.4 Å². The van der Waals surface area contributed by atoms with Crippen LogP contribution in [0, 0.1) is 35.5 Å². The molecule has 6 atom stereocenters. The van der Waals surface area contributed by atoms with E-state index >= 15 is 0 Å². The fourth-order valence-corrected chi connectivity index (χ4v) is 10.9. The van der Waals surface area contributed by atoms with E-state index in [1.807, 2.05) is 0 Å². The largest absolute Gasteiger partial charge is 0.464 e. The van der Waals surface area contributed by atoms with E-state index in [4.69, 9.17) is 42.6 Å². The van der Waals surface area contributed by atoms with Gasteiger partial charge in [0.2, 0.25) is 0 Å². The first-order valence-electron chi connectivity index (χ1n) is 29.2. The Morgan fingerprint density at radius 3 is 0.857 bits per heavy atom. The standard InChI is InChI=1S/C21H39NO5.2C19H35NO5/c1-20(2,3)22(21(4,5)6)12-13-26-18(23)16-10-8-9-11-17(16)19(24)27-15-14-25-7;1-14(2)20(15(3)4)10-11-24-18(21)16-8-6-7-9-17(16)19(22)25-13-12-23-5;1-4-10-20(11-5-2)12-13-24-18(21)16-8-6-7-9-17(16)19(22)25-15-14-23-3/h16-17H,8-15H2,1-7H3;14-17H,6-13H2,1-5H3;16-17H,4-15H2,1-3H3. The molecule has 0 aromatic heterocycles. The predicted octanol–water partition coefficient (Wildman–Crippen LogP) is 8.72. The van der Waals surface area contributed by atoms with Crippen LogP contribution in [0.4, 0.5) is 0 Å². The maximum Gasteiger partial charge on any atom is 0.309 e. The third-order valence-corrected chi connectivity index (χ3v) is 14.5. The Bertz CT molecular complexity index is 1620. The molecule has 18 nitrogen and oxygen atoms in total. The third-order valence-electron chi connectivity index (χ3n) is 14.5. The highest BCUT2D eigenvalue weighted by atomic mass is 16.6. The summed E-state index contributed by atoms with van der Waals surface area (Å²) in [4.78, 5) is 81.4. The van der Waals surface area contributed by atoms with Gasteiger partial charge in [-0.2, -0.15) is 0 Å². The van der Waals surface area contributed by atoms with Gasteiger partial charge >= 0.3 is 35.8 Å². The van der Waals surface area contributed by atoms with Gasteiger partial charge in [0.15, 0.2) is 0 Å². The summed E-state index contributed by atoms with van der Waals surface area (Å²) in [5.74, 6) is -3.99. The quantitative estimate of drug-likeness (QED) is 0.0376. The molecule has 18 heteroatoms. The molecule has 77 heavy (non-hydrogen) atoms. The first-order valence-corrected chi connectivity index (χ1v) is 29.2. The van der Waals surface area contributed by atoms with Crippen LogP contribution >= 0.6 is 0 Å². The molecule has 0 bridgehead atoms. The van der Waals surface area contributed by atoms with Gasteiger partial charge in [-0.3, -0.25) is 43.5 Å². The highest BCUT2D eigenvalue weighted by Gasteiger charge is 2.41. The number of hydrogen-bond acceptors (Lipinski definition) is 18. The van der Waals surface area contributed by atoms with Crippen LogP contribution in [0.15, 0.2) is 0 Å². The van der Waals surface area contributed by atoms with Crippen LogP contribution in [0.25, 0.3) is 0 Å². The molecule has 3 aliphatic rings. The lowest BCUT2D eigenvalue weighted by Gasteiger charge is -2.45. The highest BCUT2D eigenvalue weighted by molar-refractivity contribution is 5.83. The number of esters is 6. The molecule has 0 amide bonds. The van der Waals surface area contributed by atoms with E-state index in [9.17, 15) is 28.8 Å². The molecular weight excluding hydrogens is 991 g/mol. The number of ether oxygens (including phenoxy) is 9. The van der Waals surface area contributed by atoms with Gasteiger partial charge in [0, 0.05) is 64.1 Å². The fraction of sp³-hybridized carbons (Fsp3) is 0.898. The summed E-state index contributed by atoms with van der Waals surface area (Å²) < 4.78 is 47.0. The molecule has 0 N–H and O–H groups in total. The van der Waals surface area contributed by atoms with Crippen LogP contribution in [0.5, 0.6) is 0 Å². The number of carbonyl (C=O) groups is 6. The van der Waals surface area contributed by atoms with Gasteiger partial charge in [-0.15, -0.1) is 0 Å². The predicted molar refractivity (Wildman–Crippen MR) is 298 cm³/mol. The van der Waals surface area contributed by atoms with Crippen LogP contribution in [0.3, 0.4) is 0 Å². The summed E-state index contributed by atoms with van der Waals surface area (Å²) in [6, 6.07) is 0.800. The van der Waals surface area contributed by atoms with Crippen molar-refractivity contribution in [1.82, 2.24) is 14.7 Å². The molecule has 3 rings (SSSR count). The molecule has 0 heterocycles. The van der Waals surface area contributed by atoms with Crippen molar-refractivity contribution in [2.24, 2.45) is 35.5 Å². The minimum Gasteiger partial charge on any atom is -0.464 e. The molecule has 0 spiro atoms. The SMILES string of the molecule is CCCN(CCC)CCOC(=O)C1CCCCC1C(=O)OCCOC.COCCOC(=O)C1CCCCC1C(=O)OCCN(C(C)(C)C)C(C)(C)C.COCCOC(=O)C1CCCCC1C(=O)OCCN(C(C)C)C(C)C. The second kappa shape index (κ2) is 39.9. The van der Waals surface area contributed by atoms with Crippen LogP contribution < -0.4 is 0 Å². The smallest absolute Gasteiger partial charge is 0.309 e. The molecule has 450 valence electrons. The summed E-state index contributed by atoms with van der Waals surface area (Å²) >= 11 is 0. The zero-order valence-corrected chi connectivity index (χ0v) is 50.9. The number of rotatable bonds is 30. The van der Waals surface area contributed by atoms with Gasteiger partial charge in [-0.05, 0) is 134 Å². The van der Waals surface area contributed by atoms with Crippen LogP contribution in [0.2, 0.25) is 0 Å². The minimum atomic E-state index is -0.399. The first-order chi connectivity index (χ1) is 36.5. The van der Waals surface area contributed by atoms with E-state index in [0.717, 1.165) is 71.0 Å². The molecule has 0 aliphatic heterocycles. The Kier molecular flexibility index (Phi) is 37.1. The second-order valence-electron chi connectivity index (χ2n) is 23.2. The van der Waals surface area contributed by atoms with E-state index in [1.54, 1.807) is 21.3 Å². The molecule has 0 aromatic carbocycles. The molecule has 3 fully saturated rings. The summed E-state index contributed by atoms with van der Waals surface area (Å²) in [6.07, 6.45) is 12.0. The Balaban J connectivity index is 0.000000578. The van der Waals surface area contributed by atoms with Crippen molar-refractivity contribution in [2.45, 2.75) is 196 Å². The molecule has 6 unspecified atom stereocenters. The van der Waals surface area contributed by atoms with E-state index in [1.165, 1.54) is 0 Å². The van der Waals surface area contributed by atoms with E-state index in [-0.39, 0.29) is 90.4 Å². The number of methoxy groups -OCH3 is 3. The van der Waals surface area contributed by atoms with Gasteiger partial charge in [0.25, 0.3) is 0 Å². The van der Waals surface area contributed by atoms with Gasteiger partial charge in [0.1, 0.15) is 39.6 Å². The zero-order chi connectivity index (χ0) is 58.0.